The summed E-state index contributed by atoms with van der Waals surface area (Å²) in [4.78, 5) is 43.1. The van der Waals surface area contributed by atoms with Crippen molar-refractivity contribution >= 4 is 30.0 Å². The molecule has 2 amide bonds. The van der Waals surface area contributed by atoms with Gasteiger partial charge in [0.05, 0.1) is 25.9 Å². The Bertz CT molecular complexity index is 1080. The number of carbonyl (C=O) groups is 3. The van der Waals surface area contributed by atoms with Gasteiger partial charge in [0.1, 0.15) is 42.7 Å². The first-order chi connectivity index (χ1) is 18.9. The third-order valence-corrected chi connectivity index (χ3v) is 6.98. The van der Waals surface area contributed by atoms with Crippen LogP contribution in [-0.2, 0) is 44.5 Å². The van der Waals surface area contributed by atoms with Crippen LogP contribution in [-0.4, -0.2) is 136 Å². The molecule has 0 radical (unpaired) electrons. The number of nitrogens with one attached hydrogen (secondary N) is 4. The van der Waals surface area contributed by atoms with Crippen LogP contribution in [0.5, 0.6) is 0 Å². The molecule has 0 spiro atoms. The largest absolute Gasteiger partial charge is 0.467 e. The van der Waals surface area contributed by atoms with Gasteiger partial charge in [-0.15, -0.1) is 0 Å². The number of hydrogen-bond donors (Lipinski definition) is 8. The number of carbonyl (C=O) groups excluding carboxylic acids is 3. The van der Waals surface area contributed by atoms with Gasteiger partial charge in [-0.1, -0.05) is 0 Å². The van der Waals surface area contributed by atoms with Gasteiger partial charge in [0.2, 0.25) is 5.91 Å². The fourth-order valence-electron chi connectivity index (χ4n) is 4.75. The van der Waals surface area contributed by atoms with Crippen molar-refractivity contribution in [2.24, 2.45) is 0 Å². The molecule has 1 aromatic rings. The minimum Gasteiger partial charge on any atom is -0.467 e. The topological polar surface area (TPSA) is 234 Å². The van der Waals surface area contributed by atoms with Crippen LogP contribution in [0.25, 0.3) is 0 Å². The lowest BCUT2D eigenvalue weighted by molar-refractivity contribution is -0.325. The summed E-state index contributed by atoms with van der Waals surface area (Å²) < 4.78 is 27.5. The van der Waals surface area contributed by atoms with E-state index in [1.165, 1.54) is 20.2 Å². The highest BCUT2D eigenvalue weighted by molar-refractivity contribution is 7.71. The molecule has 2 aliphatic heterocycles. The predicted molar refractivity (Wildman–Crippen MR) is 135 cm³/mol. The number of aliphatic hydroxyl groups is 4. The van der Waals surface area contributed by atoms with E-state index in [4.69, 9.17) is 35.9 Å². The van der Waals surface area contributed by atoms with Gasteiger partial charge in [0.25, 0.3) is 5.91 Å². The molecule has 1 aromatic heterocycles. The summed E-state index contributed by atoms with van der Waals surface area (Å²) in [5, 5.41) is 47.1. The van der Waals surface area contributed by atoms with Crippen molar-refractivity contribution in [1.82, 2.24) is 20.6 Å². The second-order valence-corrected chi connectivity index (χ2v) is 9.95. The molecule has 0 bridgehead atoms. The van der Waals surface area contributed by atoms with Crippen LogP contribution in [0.15, 0.2) is 6.20 Å². The van der Waals surface area contributed by atoms with E-state index in [-0.39, 0.29) is 6.42 Å². The van der Waals surface area contributed by atoms with Crippen molar-refractivity contribution in [3.63, 3.8) is 0 Å². The number of hydrogen-bond acceptors (Lipinski definition) is 13. The molecule has 2 saturated heterocycles. The number of methoxy groups -OCH3 is 2. The van der Waals surface area contributed by atoms with Crippen molar-refractivity contribution in [2.45, 2.75) is 87.5 Å². The van der Waals surface area contributed by atoms with Crippen molar-refractivity contribution in [3.05, 3.63) is 16.7 Å². The Morgan fingerprint density at radius 2 is 1.82 bits per heavy atom. The van der Waals surface area contributed by atoms with Crippen LogP contribution in [0.3, 0.4) is 0 Å². The average Bonchev–Trinajstić information content (AvgIpc) is 3.33. The lowest BCUT2D eigenvalue weighted by Crippen LogP contribution is -2.68. The molecule has 0 aliphatic carbocycles. The van der Waals surface area contributed by atoms with Crippen molar-refractivity contribution in [1.29, 1.82) is 0 Å². The first kappa shape index (κ1) is 32.0. The fraction of sp³-hybridized carbons (Fsp3) is 0.739. The molecule has 0 aromatic carbocycles. The van der Waals surface area contributed by atoms with Crippen molar-refractivity contribution in [3.8, 4) is 0 Å². The van der Waals surface area contributed by atoms with Gasteiger partial charge >= 0.3 is 5.97 Å². The second kappa shape index (κ2) is 13.9. The molecule has 16 nitrogen and oxygen atoms in total. The van der Waals surface area contributed by atoms with E-state index in [9.17, 15) is 34.8 Å². The fourth-order valence-corrected chi connectivity index (χ4v) is 4.94. The Morgan fingerprint density at radius 1 is 1.12 bits per heavy atom. The van der Waals surface area contributed by atoms with E-state index in [1.807, 2.05) is 0 Å². The second-order valence-electron chi connectivity index (χ2n) is 9.54. The Balaban J connectivity index is 1.84. The van der Waals surface area contributed by atoms with Crippen LogP contribution in [0.4, 0.5) is 0 Å². The molecule has 4 unspecified atom stereocenters. The number of aliphatic hydroxyl groups excluding tert-OH is 4. The quantitative estimate of drug-likeness (QED) is 0.0987. The SMILES string of the molecule is COC(=O)[C@H](Cc1c[nH]c(=S)[nH]1)NC(=O)C1O[C@@H](O[C@@H]2C(NC(C)=O)[C@H](C)OC(CO)[C@H]2O)C(O)[C@@H](O)[C@@H]1OC. The van der Waals surface area contributed by atoms with Crippen LogP contribution >= 0.6 is 12.2 Å². The van der Waals surface area contributed by atoms with Crippen molar-refractivity contribution < 1.29 is 58.5 Å². The number of aromatic nitrogens is 2. The van der Waals surface area contributed by atoms with Gasteiger partial charge in [0.15, 0.2) is 17.2 Å². The summed E-state index contributed by atoms with van der Waals surface area (Å²) in [7, 11) is 2.33. The summed E-state index contributed by atoms with van der Waals surface area (Å²) >= 11 is 4.99. The minimum atomic E-state index is -1.76. The van der Waals surface area contributed by atoms with Gasteiger partial charge in [-0.3, -0.25) is 9.59 Å². The number of aromatic amines is 2. The smallest absolute Gasteiger partial charge is 0.328 e. The number of esters is 1. The lowest BCUT2D eigenvalue weighted by Gasteiger charge is -2.47. The highest BCUT2D eigenvalue weighted by Gasteiger charge is 2.52. The predicted octanol–water partition coefficient (Wildman–Crippen LogP) is -3.24. The van der Waals surface area contributed by atoms with E-state index in [0.29, 0.717) is 10.5 Å². The maximum Gasteiger partial charge on any atom is 0.328 e. The third kappa shape index (κ3) is 7.23. The summed E-state index contributed by atoms with van der Waals surface area (Å²) in [6.45, 7) is 2.25. The Morgan fingerprint density at radius 3 is 2.38 bits per heavy atom. The minimum absolute atomic E-state index is 0.0336. The third-order valence-electron chi connectivity index (χ3n) is 6.76. The summed E-state index contributed by atoms with van der Waals surface area (Å²) in [6.07, 6.45) is -11.3. The van der Waals surface area contributed by atoms with Crippen LogP contribution in [0.2, 0.25) is 0 Å². The highest BCUT2D eigenvalue weighted by atomic mass is 32.1. The zero-order valence-electron chi connectivity index (χ0n) is 22.3. The Labute approximate surface area is 234 Å². The molecular formula is C23H36N4O12S. The molecule has 8 N–H and O–H groups in total. The summed E-state index contributed by atoms with van der Waals surface area (Å²) in [5.74, 6) is -2.15. The molecule has 3 rings (SSSR count). The molecule has 11 atom stereocenters. The average molecular weight is 593 g/mol. The van der Waals surface area contributed by atoms with Gasteiger partial charge < -0.3 is 64.7 Å². The first-order valence-electron chi connectivity index (χ1n) is 12.5. The number of imidazole rings is 1. The van der Waals surface area contributed by atoms with E-state index in [1.54, 1.807) is 6.92 Å². The highest BCUT2D eigenvalue weighted by Crippen LogP contribution is 2.30. The standard InChI is InChI=1S/C23H36N4O12S/c1-8-13(25-9(2)29)17(14(30)12(7-28)37-8)38-22-16(32)15(31)18(35-3)19(39-22)20(33)27-11(21(34)36-4)5-10-6-24-23(40)26-10/h6,8,11-19,22,28,30-32H,5,7H2,1-4H3,(H,25,29)(H,27,33)(H2,24,26,40)/t8-,11-,12?,13?,14+,15+,16?,17+,18-,19?,22+/m0/s1. The zero-order chi connectivity index (χ0) is 29.7. The zero-order valence-corrected chi connectivity index (χ0v) is 23.1. The summed E-state index contributed by atoms with van der Waals surface area (Å²) in [6, 6.07) is -2.15. The van der Waals surface area contributed by atoms with Crippen LogP contribution < -0.4 is 10.6 Å². The van der Waals surface area contributed by atoms with Crippen LogP contribution in [0, 0.1) is 4.77 Å². The Kier molecular flexibility index (Phi) is 11.2. The maximum absolute atomic E-state index is 13.3. The van der Waals surface area contributed by atoms with E-state index in [2.05, 4.69) is 20.6 Å². The lowest BCUT2D eigenvalue weighted by atomic mass is 9.92. The molecule has 2 aliphatic rings. The number of H-pyrrole nitrogens is 2. The number of ether oxygens (including phenoxy) is 5. The van der Waals surface area contributed by atoms with E-state index in [0.717, 1.165) is 7.11 Å². The molecule has 3 heterocycles. The first-order valence-corrected chi connectivity index (χ1v) is 12.9. The maximum atomic E-state index is 13.3. The Hall–Kier alpha value is -2.48. The van der Waals surface area contributed by atoms with Gasteiger partial charge in [-0.2, -0.15) is 0 Å². The molecule has 17 heteroatoms. The normalized spacial score (nSPS) is 35.0. The number of amides is 2. The molecule has 226 valence electrons. The van der Waals surface area contributed by atoms with E-state index < -0.39 is 91.6 Å². The van der Waals surface area contributed by atoms with E-state index >= 15 is 0 Å². The number of rotatable bonds is 10. The molecule has 40 heavy (non-hydrogen) atoms. The summed E-state index contributed by atoms with van der Waals surface area (Å²) in [5.41, 5.74) is 0.496. The van der Waals surface area contributed by atoms with Gasteiger partial charge in [-0.05, 0) is 19.1 Å². The van der Waals surface area contributed by atoms with Crippen LogP contribution in [0.1, 0.15) is 19.5 Å². The van der Waals surface area contributed by atoms with Gasteiger partial charge in [-0.25, -0.2) is 4.79 Å². The van der Waals surface area contributed by atoms with Gasteiger partial charge in [0, 0.05) is 32.3 Å². The molecule has 2 fully saturated rings. The van der Waals surface area contributed by atoms with Crippen molar-refractivity contribution in [2.75, 3.05) is 20.8 Å². The molecule has 0 saturated carbocycles. The molecular weight excluding hydrogens is 556 g/mol. The monoisotopic (exact) mass is 592 g/mol.